The molecule has 0 radical (unpaired) electrons. The highest BCUT2D eigenvalue weighted by Crippen LogP contribution is 2.21. The standard InChI is InChI=1S/C17H20ClN5OS/c1-12-15(16(18)23(22-12)13-6-3-2-4-7-13)11-20-21-17(25)19-10-14-8-5-9-24-14/h2-4,6-7,11,14H,5,8-10H2,1H3,(H2,19,21,25)/b20-11-/t14-/m1/s1. The molecule has 1 aliphatic rings. The van der Waals surface area contributed by atoms with Crippen LogP contribution in [-0.4, -0.2) is 40.4 Å². The normalized spacial score (nSPS) is 17.1. The highest BCUT2D eigenvalue weighted by Gasteiger charge is 2.15. The summed E-state index contributed by atoms with van der Waals surface area (Å²) in [5.74, 6) is 0. The number of ether oxygens (including phenoxy) is 1. The molecule has 3 rings (SSSR count). The van der Waals surface area contributed by atoms with Crippen LogP contribution in [0.1, 0.15) is 24.1 Å². The molecule has 1 aliphatic heterocycles. The Hall–Kier alpha value is -1.96. The Morgan fingerprint density at radius 2 is 2.28 bits per heavy atom. The Balaban J connectivity index is 1.59. The number of hydrogen-bond acceptors (Lipinski definition) is 4. The average Bonchev–Trinajstić information content (AvgIpc) is 3.24. The minimum absolute atomic E-state index is 0.226. The van der Waals surface area contributed by atoms with Gasteiger partial charge in [-0.1, -0.05) is 29.8 Å². The van der Waals surface area contributed by atoms with Crippen molar-refractivity contribution in [1.82, 2.24) is 20.5 Å². The molecule has 6 nitrogen and oxygen atoms in total. The van der Waals surface area contributed by atoms with Gasteiger partial charge in [0.25, 0.3) is 0 Å². The number of nitrogens with zero attached hydrogens (tertiary/aromatic N) is 3. The summed E-state index contributed by atoms with van der Waals surface area (Å²) in [6.07, 6.45) is 4.02. The van der Waals surface area contributed by atoms with Crippen LogP contribution in [0.5, 0.6) is 0 Å². The number of hydrogen-bond donors (Lipinski definition) is 2. The molecule has 0 bridgehead atoms. The van der Waals surface area contributed by atoms with Gasteiger partial charge in [-0.2, -0.15) is 10.2 Å². The molecular formula is C17H20ClN5OS. The van der Waals surface area contributed by atoms with Gasteiger partial charge in [0.2, 0.25) is 0 Å². The van der Waals surface area contributed by atoms with Crippen LogP contribution in [0.25, 0.3) is 5.69 Å². The summed E-state index contributed by atoms with van der Waals surface area (Å²) >= 11 is 11.6. The fraction of sp³-hybridized carbons (Fsp3) is 0.353. The molecule has 0 amide bonds. The number of rotatable bonds is 5. The van der Waals surface area contributed by atoms with Crippen LogP contribution in [0.2, 0.25) is 5.15 Å². The van der Waals surface area contributed by atoms with E-state index in [4.69, 9.17) is 28.6 Å². The van der Waals surface area contributed by atoms with Crippen LogP contribution in [0, 0.1) is 6.92 Å². The maximum absolute atomic E-state index is 6.44. The number of nitrogens with one attached hydrogen (secondary N) is 2. The molecule has 2 aromatic rings. The van der Waals surface area contributed by atoms with Crippen molar-refractivity contribution in [2.45, 2.75) is 25.9 Å². The number of halogens is 1. The van der Waals surface area contributed by atoms with Gasteiger partial charge in [0.1, 0.15) is 5.15 Å². The molecule has 0 aliphatic carbocycles. The minimum Gasteiger partial charge on any atom is -0.376 e. The summed E-state index contributed by atoms with van der Waals surface area (Å²) < 4.78 is 7.22. The average molecular weight is 378 g/mol. The lowest BCUT2D eigenvalue weighted by Gasteiger charge is -2.11. The van der Waals surface area contributed by atoms with Crippen LogP contribution >= 0.6 is 23.8 Å². The molecule has 8 heteroatoms. The van der Waals surface area contributed by atoms with Gasteiger partial charge in [-0.25, -0.2) is 4.68 Å². The summed E-state index contributed by atoms with van der Waals surface area (Å²) in [5, 5.41) is 12.7. The van der Waals surface area contributed by atoms with E-state index < -0.39 is 0 Å². The van der Waals surface area contributed by atoms with Crippen molar-refractivity contribution in [3.05, 3.63) is 46.7 Å². The first-order chi connectivity index (χ1) is 12.1. The van der Waals surface area contributed by atoms with Gasteiger partial charge < -0.3 is 10.1 Å². The molecule has 25 heavy (non-hydrogen) atoms. The Morgan fingerprint density at radius 3 is 3.00 bits per heavy atom. The number of hydrazone groups is 1. The molecule has 0 saturated carbocycles. The predicted molar refractivity (Wildman–Crippen MR) is 104 cm³/mol. The van der Waals surface area contributed by atoms with Crippen molar-refractivity contribution in [3.8, 4) is 5.69 Å². The fourth-order valence-corrected chi connectivity index (χ4v) is 3.06. The van der Waals surface area contributed by atoms with E-state index in [0.717, 1.165) is 36.4 Å². The second kappa shape index (κ2) is 8.42. The molecule has 132 valence electrons. The number of aromatic nitrogens is 2. The van der Waals surface area contributed by atoms with Gasteiger partial charge in [-0.15, -0.1) is 0 Å². The Morgan fingerprint density at radius 1 is 1.48 bits per heavy atom. The third-order valence-corrected chi connectivity index (χ3v) is 4.52. The summed E-state index contributed by atoms with van der Waals surface area (Å²) in [5.41, 5.74) is 5.24. The fourth-order valence-electron chi connectivity index (χ4n) is 2.60. The maximum atomic E-state index is 6.44. The molecule has 0 unspecified atom stereocenters. The van der Waals surface area contributed by atoms with Crippen LogP contribution in [0.3, 0.4) is 0 Å². The van der Waals surface area contributed by atoms with E-state index in [0.29, 0.717) is 16.8 Å². The molecule has 0 spiro atoms. The van der Waals surface area contributed by atoms with E-state index in [1.54, 1.807) is 10.9 Å². The second-order valence-electron chi connectivity index (χ2n) is 5.75. The van der Waals surface area contributed by atoms with Crippen LogP contribution < -0.4 is 10.7 Å². The van der Waals surface area contributed by atoms with Gasteiger partial charge in [0.15, 0.2) is 5.11 Å². The first-order valence-corrected chi connectivity index (χ1v) is 8.93. The van der Waals surface area contributed by atoms with Crippen molar-refractivity contribution in [2.75, 3.05) is 13.2 Å². The molecule has 1 aromatic heterocycles. The maximum Gasteiger partial charge on any atom is 0.187 e. The second-order valence-corrected chi connectivity index (χ2v) is 6.52. The zero-order valence-corrected chi connectivity index (χ0v) is 15.5. The molecule has 1 saturated heterocycles. The van der Waals surface area contributed by atoms with Gasteiger partial charge in [0, 0.05) is 13.2 Å². The van der Waals surface area contributed by atoms with Gasteiger partial charge >= 0.3 is 0 Å². The highest BCUT2D eigenvalue weighted by atomic mass is 35.5. The van der Waals surface area contributed by atoms with Gasteiger partial charge in [0.05, 0.1) is 29.3 Å². The largest absolute Gasteiger partial charge is 0.376 e. The molecule has 2 heterocycles. The molecule has 1 aromatic carbocycles. The highest BCUT2D eigenvalue weighted by molar-refractivity contribution is 7.80. The van der Waals surface area contributed by atoms with E-state index in [-0.39, 0.29) is 6.10 Å². The van der Waals surface area contributed by atoms with Crippen LogP contribution in [-0.2, 0) is 4.74 Å². The Labute approximate surface area is 157 Å². The number of thiocarbonyl (C=S) groups is 1. The first-order valence-electron chi connectivity index (χ1n) is 8.14. The third kappa shape index (κ3) is 4.56. The lowest BCUT2D eigenvalue weighted by molar-refractivity contribution is 0.114. The van der Waals surface area contributed by atoms with E-state index in [2.05, 4.69) is 20.9 Å². The van der Waals surface area contributed by atoms with Crippen molar-refractivity contribution in [2.24, 2.45) is 5.10 Å². The van der Waals surface area contributed by atoms with Gasteiger partial charge in [-0.05, 0) is 44.1 Å². The number of para-hydroxylation sites is 1. The quantitative estimate of drug-likeness (QED) is 0.476. The lowest BCUT2D eigenvalue weighted by Crippen LogP contribution is -2.37. The molecular weight excluding hydrogens is 358 g/mol. The topological polar surface area (TPSA) is 63.5 Å². The van der Waals surface area contributed by atoms with Crippen LogP contribution in [0.4, 0.5) is 0 Å². The lowest BCUT2D eigenvalue weighted by atomic mass is 10.2. The zero-order valence-electron chi connectivity index (χ0n) is 13.9. The number of aryl methyl sites for hydroxylation is 1. The SMILES string of the molecule is Cc1nn(-c2ccccc2)c(Cl)c1/C=N\NC(=S)NC[C@H]1CCCO1. The first kappa shape index (κ1) is 17.8. The van der Waals surface area contributed by atoms with E-state index in [1.165, 1.54) is 0 Å². The van der Waals surface area contributed by atoms with Crippen molar-refractivity contribution >= 4 is 35.1 Å². The van der Waals surface area contributed by atoms with E-state index >= 15 is 0 Å². The third-order valence-electron chi connectivity index (χ3n) is 3.92. The summed E-state index contributed by atoms with van der Waals surface area (Å²) in [6, 6.07) is 9.72. The predicted octanol–water partition coefficient (Wildman–Crippen LogP) is 2.81. The Kier molecular flexibility index (Phi) is 6.01. The summed E-state index contributed by atoms with van der Waals surface area (Å²) in [7, 11) is 0. The smallest absolute Gasteiger partial charge is 0.187 e. The summed E-state index contributed by atoms with van der Waals surface area (Å²) in [4.78, 5) is 0. The monoisotopic (exact) mass is 377 g/mol. The summed E-state index contributed by atoms with van der Waals surface area (Å²) in [6.45, 7) is 3.40. The zero-order chi connectivity index (χ0) is 17.6. The molecule has 2 N–H and O–H groups in total. The van der Waals surface area contributed by atoms with Crippen molar-refractivity contribution in [3.63, 3.8) is 0 Å². The van der Waals surface area contributed by atoms with Crippen molar-refractivity contribution < 1.29 is 4.74 Å². The molecule has 1 fully saturated rings. The van der Waals surface area contributed by atoms with E-state index in [1.807, 2.05) is 37.3 Å². The number of benzene rings is 1. The van der Waals surface area contributed by atoms with Crippen molar-refractivity contribution in [1.29, 1.82) is 0 Å². The van der Waals surface area contributed by atoms with Crippen LogP contribution in [0.15, 0.2) is 35.4 Å². The minimum atomic E-state index is 0.226. The Bertz CT molecular complexity index is 756. The van der Waals surface area contributed by atoms with Gasteiger partial charge in [-0.3, -0.25) is 5.43 Å². The molecule has 1 atom stereocenters. The van der Waals surface area contributed by atoms with E-state index in [9.17, 15) is 0 Å².